The molecule has 0 heterocycles. The van der Waals surface area contributed by atoms with E-state index in [0.29, 0.717) is 18.2 Å². The van der Waals surface area contributed by atoms with Gasteiger partial charge >= 0.3 is 0 Å². The number of aryl methyl sites for hydroxylation is 1. The molecule has 3 N–H and O–H groups in total. The van der Waals surface area contributed by atoms with E-state index in [0.717, 1.165) is 4.90 Å². The molecule has 1 fully saturated rings. The molecule has 5 heteroatoms. The van der Waals surface area contributed by atoms with Crippen molar-refractivity contribution in [2.75, 3.05) is 12.3 Å². The van der Waals surface area contributed by atoms with Gasteiger partial charge in [-0.15, -0.1) is 24.2 Å². The van der Waals surface area contributed by atoms with E-state index < -0.39 is 0 Å². The molecular formula is C14H21ClN2OS. The topological polar surface area (TPSA) is 55.1 Å². The molecule has 2 rings (SSSR count). The fourth-order valence-electron chi connectivity index (χ4n) is 1.76. The summed E-state index contributed by atoms with van der Waals surface area (Å²) in [6.07, 6.45) is 2.43. The van der Waals surface area contributed by atoms with E-state index in [1.54, 1.807) is 11.8 Å². The van der Waals surface area contributed by atoms with Crippen LogP contribution in [0.3, 0.4) is 0 Å². The molecule has 0 saturated heterocycles. The summed E-state index contributed by atoms with van der Waals surface area (Å²) in [7, 11) is 0. The zero-order valence-electron chi connectivity index (χ0n) is 11.1. The molecule has 1 aliphatic carbocycles. The molecule has 0 aliphatic heterocycles. The highest BCUT2D eigenvalue weighted by atomic mass is 35.5. The molecule has 3 nitrogen and oxygen atoms in total. The SMILES string of the molecule is Cc1ccc(SCC(=O)NCC(N)C2CC2)cc1.Cl. The van der Waals surface area contributed by atoms with Crippen LogP contribution in [0.2, 0.25) is 0 Å². The molecule has 19 heavy (non-hydrogen) atoms. The quantitative estimate of drug-likeness (QED) is 0.793. The lowest BCUT2D eigenvalue weighted by atomic mass is 10.2. The first-order valence-corrected chi connectivity index (χ1v) is 7.35. The zero-order valence-corrected chi connectivity index (χ0v) is 12.7. The Kier molecular flexibility index (Phi) is 6.69. The van der Waals surface area contributed by atoms with Gasteiger partial charge in [0.1, 0.15) is 0 Å². The fraction of sp³-hybridized carbons (Fsp3) is 0.500. The predicted molar refractivity (Wildman–Crippen MR) is 82.9 cm³/mol. The van der Waals surface area contributed by atoms with Crippen molar-refractivity contribution in [2.24, 2.45) is 11.7 Å². The maximum absolute atomic E-state index is 11.6. The number of hydrogen-bond acceptors (Lipinski definition) is 3. The Morgan fingerprint density at radius 2 is 2.05 bits per heavy atom. The largest absolute Gasteiger partial charge is 0.354 e. The van der Waals surface area contributed by atoms with Crippen LogP contribution < -0.4 is 11.1 Å². The summed E-state index contributed by atoms with van der Waals surface area (Å²) in [5, 5.41) is 2.90. The third-order valence-electron chi connectivity index (χ3n) is 3.15. The Morgan fingerprint density at radius 3 is 2.63 bits per heavy atom. The van der Waals surface area contributed by atoms with Crippen molar-refractivity contribution in [1.82, 2.24) is 5.32 Å². The van der Waals surface area contributed by atoms with Gasteiger partial charge in [-0.05, 0) is 37.8 Å². The molecule has 1 saturated carbocycles. The third kappa shape index (κ3) is 5.85. The van der Waals surface area contributed by atoms with Gasteiger partial charge in [0.25, 0.3) is 0 Å². The highest BCUT2D eigenvalue weighted by Crippen LogP contribution is 2.31. The summed E-state index contributed by atoms with van der Waals surface area (Å²) in [4.78, 5) is 12.8. The molecule has 0 aromatic heterocycles. The monoisotopic (exact) mass is 300 g/mol. The van der Waals surface area contributed by atoms with Crippen molar-refractivity contribution < 1.29 is 4.79 Å². The van der Waals surface area contributed by atoms with Crippen molar-refractivity contribution >= 4 is 30.1 Å². The van der Waals surface area contributed by atoms with Crippen molar-refractivity contribution in [2.45, 2.75) is 30.7 Å². The van der Waals surface area contributed by atoms with Crippen LogP contribution in [0, 0.1) is 12.8 Å². The molecule has 1 aromatic carbocycles. The number of nitrogens with one attached hydrogen (secondary N) is 1. The normalized spacial score (nSPS) is 15.5. The van der Waals surface area contributed by atoms with Crippen molar-refractivity contribution in [3.8, 4) is 0 Å². The average molecular weight is 301 g/mol. The number of rotatable bonds is 6. The van der Waals surface area contributed by atoms with Crippen LogP contribution >= 0.6 is 24.2 Å². The van der Waals surface area contributed by atoms with Crippen LogP contribution in [0.1, 0.15) is 18.4 Å². The first kappa shape index (κ1) is 16.3. The second-order valence-corrected chi connectivity index (χ2v) is 5.96. The number of carbonyl (C=O) groups excluding carboxylic acids is 1. The second-order valence-electron chi connectivity index (χ2n) is 4.91. The number of amides is 1. The third-order valence-corrected chi connectivity index (χ3v) is 4.17. The minimum atomic E-state index is 0. The van der Waals surface area contributed by atoms with Crippen LogP contribution in [-0.2, 0) is 4.79 Å². The highest BCUT2D eigenvalue weighted by molar-refractivity contribution is 8.00. The number of thioether (sulfide) groups is 1. The number of carbonyl (C=O) groups is 1. The predicted octanol–water partition coefficient (Wildman–Crippen LogP) is 2.36. The lowest BCUT2D eigenvalue weighted by Crippen LogP contribution is -2.39. The summed E-state index contributed by atoms with van der Waals surface area (Å²) in [6, 6.07) is 8.34. The maximum atomic E-state index is 11.6. The van der Waals surface area contributed by atoms with E-state index in [1.165, 1.54) is 18.4 Å². The minimum Gasteiger partial charge on any atom is -0.354 e. The molecule has 106 valence electrons. The lowest BCUT2D eigenvalue weighted by molar-refractivity contribution is -0.118. The Morgan fingerprint density at radius 1 is 1.42 bits per heavy atom. The molecule has 1 aromatic rings. The maximum Gasteiger partial charge on any atom is 0.230 e. The van der Waals surface area contributed by atoms with Crippen molar-refractivity contribution in [3.63, 3.8) is 0 Å². The summed E-state index contributed by atoms with van der Waals surface area (Å²) in [5.41, 5.74) is 7.17. The average Bonchev–Trinajstić information content (AvgIpc) is 3.19. The van der Waals surface area contributed by atoms with Crippen molar-refractivity contribution in [3.05, 3.63) is 29.8 Å². The van der Waals surface area contributed by atoms with Crippen molar-refractivity contribution in [1.29, 1.82) is 0 Å². The highest BCUT2D eigenvalue weighted by Gasteiger charge is 2.28. The van der Waals surface area contributed by atoms with E-state index in [-0.39, 0.29) is 24.4 Å². The van der Waals surface area contributed by atoms with E-state index in [1.807, 2.05) is 12.1 Å². The molecular weight excluding hydrogens is 280 g/mol. The Balaban J connectivity index is 0.00000180. The fourth-order valence-corrected chi connectivity index (χ4v) is 2.49. The molecule has 0 radical (unpaired) electrons. The summed E-state index contributed by atoms with van der Waals surface area (Å²) in [5.74, 6) is 1.16. The van der Waals surface area contributed by atoms with Gasteiger partial charge < -0.3 is 11.1 Å². The van der Waals surface area contributed by atoms with Crippen LogP contribution in [0.15, 0.2) is 29.2 Å². The molecule has 0 bridgehead atoms. The van der Waals surface area contributed by atoms with E-state index in [2.05, 4.69) is 24.4 Å². The molecule has 1 aliphatic rings. The number of hydrogen-bond donors (Lipinski definition) is 2. The van der Waals surface area contributed by atoms with E-state index in [9.17, 15) is 4.79 Å². The summed E-state index contributed by atoms with van der Waals surface area (Å²) < 4.78 is 0. The van der Waals surface area contributed by atoms with Gasteiger partial charge in [-0.25, -0.2) is 0 Å². The van der Waals surface area contributed by atoms with Gasteiger partial charge in [0, 0.05) is 17.5 Å². The number of benzene rings is 1. The van der Waals surface area contributed by atoms with Gasteiger partial charge in [0.15, 0.2) is 0 Å². The van der Waals surface area contributed by atoms with E-state index >= 15 is 0 Å². The van der Waals surface area contributed by atoms with Gasteiger partial charge in [-0.2, -0.15) is 0 Å². The Bertz CT molecular complexity index is 406. The van der Waals surface area contributed by atoms with Crippen LogP contribution in [0.4, 0.5) is 0 Å². The second kappa shape index (κ2) is 7.78. The van der Waals surface area contributed by atoms with Gasteiger partial charge in [0.2, 0.25) is 5.91 Å². The lowest BCUT2D eigenvalue weighted by Gasteiger charge is -2.11. The molecule has 1 amide bonds. The van der Waals surface area contributed by atoms with Crippen LogP contribution in [0.5, 0.6) is 0 Å². The number of nitrogens with two attached hydrogens (primary N) is 1. The Hall–Kier alpha value is -0.710. The standard InChI is InChI=1S/C14H20N2OS.ClH/c1-10-2-6-12(7-3-10)18-9-14(17)16-8-13(15)11-4-5-11;/h2-3,6-7,11,13H,4-5,8-9,15H2,1H3,(H,16,17);1H. The van der Waals surface area contributed by atoms with Crippen LogP contribution in [0.25, 0.3) is 0 Å². The minimum absolute atomic E-state index is 0. The zero-order chi connectivity index (χ0) is 13.0. The van der Waals surface area contributed by atoms with Gasteiger partial charge in [0.05, 0.1) is 5.75 Å². The van der Waals surface area contributed by atoms with Crippen LogP contribution in [-0.4, -0.2) is 24.2 Å². The van der Waals surface area contributed by atoms with E-state index in [4.69, 9.17) is 5.73 Å². The Labute approximate surface area is 125 Å². The van der Waals surface area contributed by atoms with Gasteiger partial charge in [-0.3, -0.25) is 4.79 Å². The molecule has 1 atom stereocenters. The first-order chi connectivity index (χ1) is 8.65. The number of halogens is 1. The molecule has 0 spiro atoms. The molecule has 1 unspecified atom stereocenters. The summed E-state index contributed by atoms with van der Waals surface area (Å²) in [6.45, 7) is 2.67. The smallest absolute Gasteiger partial charge is 0.230 e. The summed E-state index contributed by atoms with van der Waals surface area (Å²) >= 11 is 1.56. The first-order valence-electron chi connectivity index (χ1n) is 6.37. The van der Waals surface area contributed by atoms with Gasteiger partial charge in [-0.1, -0.05) is 17.7 Å².